The van der Waals surface area contributed by atoms with Crippen molar-refractivity contribution in [3.05, 3.63) is 46.7 Å². The highest BCUT2D eigenvalue weighted by Gasteiger charge is 2.51. The van der Waals surface area contributed by atoms with E-state index in [4.69, 9.17) is 4.42 Å². The lowest BCUT2D eigenvalue weighted by Gasteiger charge is -2.18. The number of H-pyrrole nitrogens is 1. The summed E-state index contributed by atoms with van der Waals surface area (Å²) in [5, 5.41) is 2.57. The van der Waals surface area contributed by atoms with E-state index in [1.807, 2.05) is 0 Å². The zero-order valence-electron chi connectivity index (χ0n) is 14.9. The van der Waals surface area contributed by atoms with Gasteiger partial charge in [0.05, 0.1) is 18.5 Å². The van der Waals surface area contributed by atoms with E-state index in [1.54, 1.807) is 26.0 Å². The number of aromatic nitrogens is 1. The van der Waals surface area contributed by atoms with E-state index in [-0.39, 0.29) is 17.2 Å². The smallest absolute Gasteiger partial charge is 0.325 e. The summed E-state index contributed by atoms with van der Waals surface area (Å²) in [6.07, 6.45) is 1.40. The van der Waals surface area contributed by atoms with Gasteiger partial charge in [-0.2, -0.15) is 0 Å². The molecule has 1 unspecified atom stereocenters. The van der Waals surface area contributed by atoms with Gasteiger partial charge in [-0.05, 0) is 45.4 Å². The molecule has 3 amide bonds. The lowest BCUT2D eigenvalue weighted by atomic mass is 9.99. The molecule has 1 aliphatic rings. The van der Waals surface area contributed by atoms with Crippen molar-refractivity contribution in [2.75, 3.05) is 6.54 Å². The molecule has 1 saturated heterocycles. The molecule has 0 aliphatic carbocycles. The fourth-order valence-electron chi connectivity index (χ4n) is 3.35. The maximum absolute atomic E-state index is 12.7. The summed E-state index contributed by atoms with van der Waals surface area (Å²) >= 11 is 0. The molecule has 8 nitrogen and oxygen atoms in total. The Balaban J connectivity index is 1.87. The van der Waals surface area contributed by atoms with Gasteiger partial charge in [-0.3, -0.25) is 19.3 Å². The SMILES string of the molecule is CC(=O)c1c(C)[nH]c(C(=O)CN2C(=O)NC(C)(c3ccco3)C2=O)c1C. The molecular weight excluding hydrogens is 338 g/mol. The number of hydrogen-bond acceptors (Lipinski definition) is 5. The number of urea groups is 1. The average molecular weight is 357 g/mol. The second-order valence-corrected chi connectivity index (χ2v) is 6.53. The summed E-state index contributed by atoms with van der Waals surface area (Å²) in [6, 6.07) is 2.53. The van der Waals surface area contributed by atoms with Crippen LogP contribution in [0.2, 0.25) is 0 Å². The Kier molecular flexibility index (Phi) is 4.06. The van der Waals surface area contributed by atoms with Crippen LogP contribution in [0.5, 0.6) is 0 Å². The van der Waals surface area contributed by atoms with Crippen molar-refractivity contribution >= 4 is 23.5 Å². The Morgan fingerprint density at radius 1 is 1.27 bits per heavy atom. The van der Waals surface area contributed by atoms with E-state index in [0.29, 0.717) is 16.8 Å². The molecule has 0 aromatic carbocycles. The van der Waals surface area contributed by atoms with Crippen LogP contribution in [0.15, 0.2) is 22.8 Å². The first-order valence-corrected chi connectivity index (χ1v) is 8.08. The molecule has 0 bridgehead atoms. The minimum absolute atomic E-state index is 0.157. The molecular formula is C18H19N3O5. The van der Waals surface area contributed by atoms with Gasteiger partial charge < -0.3 is 14.7 Å². The van der Waals surface area contributed by atoms with Crippen LogP contribution < -0.4 is 5.32 Å². The minimum atomic E-state index is -1.36. The summed E-state index contributed by atoms with van der Waals surface area (Å²) in [6.45, 7) is 5.87. The standard InChI is InChI=1S/C18H19N3O5/c1-9-14(11(3)22)10(2)19-15(9)12(23)8-21-16(24)18(4,20-17(21)25)13-6-5-7-26-13/h5-7,19H,8H2,1-4H3,(H,20,25). The maximum Gasteiger partial charge on any atom is 0.325 e. The zero-order chi connectivity index (χ0) is 19.2. The first-order valence-electron chi connectivity index (χ1n) is 8.08. The van der Waals surface area contributed by atoms with Gasteiger partial charge >= 0.3 is 6.03 Å². The Hall–Kier alpha value is -3.16. The van der Waals surface area contributed by atoms with E-state index in [9.17, 15) is 19.2 Å². The fraction of sp³-hybridized carbons (Fsp3) is 0.333. The quantitative estimate of drug-likeness (QED) is 0.628. The summed E-state index contributed by atoms with van der Waals surface area (Å²) in [7, 11) is 0. The van der Waals surface area contributed by atoms with Crippen LogP contribution in [0.3, 0.4) is 0 Å². The number of ketones is 2. The lowest BCUT2D eigenvalue weighted by Crippen LogP contribution is -2.41. The average Bonchev–Trinajstić information content (AvgIpc) is 3.23. The van der Waals surface area contributed by atoms with Crippen LogP contribution in [0.25, 0.3) is 0 Å². The molecule has 3 rings (SSSR count). The number of carbonyl (C=O) groups excluding carboxylic acids is 4. The Bertz CT molecular complexity index is 925. The number of furan rings is 1. The predicted molar refractivity (Wildman–Crippen MR) is 90.9 cm³/mol. The van der Waals surface area contributed by atoms with Crippen molar-refractivity contribution in [3.8, 4) is 0 Å². The highest BCUT2D eigenvalue weighted by molar-refractivity contribution is 6.11. The number of imide groups is 1. The number of amides is 3. The second kappa shape index (κ2) is 5.98. The van der Waals surface area contributed by atoms with E-state index >= 15 is 0 Å². The summed E-state index contributed by atoms with van der Waals surface area (Å²) in [4.78, 5) is 53.1. The molecule has 3 heterocycles. The number of nitrogens with zero attached hydrogens (tertiary/aromatic N) is 1. The molecule has 0 radical (unpaired) electrons. The van der Waals surface area contributed by atoms with Crippen LogP contribution >= 0.6 is 0 Å². The molecule has 0 saturated carbocycles. The van der Waals surface area contributed by atoms with Crippen molar-refractivity contribution in [3.63, 3.8) is 0 Å². The molecule has 1 atom stereocenters. The monoisotopic (exact) mass is 357 g/mol. The number of Topliss-reactive ketones (excluding diaryl/α,β-unsaturated/α-hetero) is 2. The van der Waals surface area contributed by atoms with Gasteiger partial charge in [0.25, 0.3) is 5.91 Å². The Morgan fingerprint density at radius 3 is 2.50 bits per heavy atom. The minimum Gasteiger partial charge on any atom is -0.466 e. The lowest BCUT2D eigenvalue weighted by molar-refractivity contribution is -0.131. The van der Waals surface area contributed by atoms with Crippen molar-refractivity contribution in [1.82, 2.24) is 15.2 Å². The van der Waals surface area contributed by atoms with Crippen molar-refractivity contribution in [2.24, 2.45) is 0 Å². The summed E-state index contributed by atoms with van der Waals surface area (Å²) in [5.41, 5.74) is 0.411. The van der Waals surface area contributed by atoms with E-state index in [0.717, 1.165) is 4.90 Å². The molecule has 2 N–H and O–H groups in total. The molecule has 2 aromatic heterocycles. The number of nitrogens with one attached hydrogen (secondary N) is 2. The number of hydrogen-bond donors (Lipinski definition) is 2. The second-order valence-electron chi connectivity index (χ2n) is 6.53. The van der Waals surface area contributed by atoms with E-state index in [1.165, 1.54) is 20.1 Å². The third-order valence-electron chi connectivity index (χ3n) is 4.66. The molecule has 26 heavy (non-hydrogen) atoms. The van der Waals surface area contributed by atoms with Gasteiger partial charge in [-0.1, -0.05) is 0 Å². The van der Waals surface area contributed by atoms with Gasteiger partial charge in [0, 0.05) is 11.3 Å². The normalized spacial score (nSPS) is 19.8. The first kappa shape index (κ1) is 17.7. The third kappa shape index (κ3) is 2.54. The van der Waals surface area contributed by atoms with E-state index in [2.05, 4.69) is 10.3 Å². The van der Waals surface area contributed by atoms with Crippen molar-refractivity contribution < 1.29 is 23.6 Å². The largest absolute Gasteiger partial charge is 0.466 e. The highest BCUT2D eigenvalue weighted by atomic mass is 16.3. The molecule has 1 fully saturated rings. The van der Waals surface area contributed by atoms with Crippen LogP contribution in [0, 0.1) is 13.8 Å². The maximum atomic E-state index is 12.7. The van der Waals surface area contributed by atoms with Crippen molar-refractivity contribution in [1.29, 1.82) is 0 Å². The van der Waals surface area contributed by atoms with Gasteiger partial charge in [0.15, 0.2) is 17.1 Å². The van der Waals surface area contributed by atoms with Gasteiger partial charge in [-0.15, -0.1) is 0 Å². The molecule has 1 aliphatic heterocycles. The Morgan fingerprint density at radius 2 is 1.96 bits per heavy atom. The predicted octanol–water partition coefficient (Wildman–Crippen LogP) is 2.08. The molecule has 0 spiro atoms. The molecule has 8 heteroatoms. The number of aryl methyl sites for hydroxylation is 1. The zero-order valence-corrected chi connectivity index (χ0v) is 14.9. The first-order chi connectivity index (χ1) is 12.2. The highest BCUT2D eigenvalue weighted by Crippen LogP contribution is 2.29. The third-order valence-corrected chi connectivity index (χ3v) is 4.66. The van der Waals surface area contributed by atoms with Crippen LogP contribution in [0.4, 0.5) is 4.79 Å². The molecule has 2 aromatic rings. The van der Waals surface area contributed by atoms with Gasteiger partial charge in [0.2, 0.25) is 0 Å². The van der Waals surface area contributed by atoms with Gasteiger partial charge in [-0.25, -0.2) is 4.79 Å². The number of aromatic amines is 1. The van der Waals surface area contributed by atoms with Crippen molar-refractivity contribution in [2.45, 2.75) is 33.2 Å². The summed E-state index contributed by atoms with van der Waals surface area (Å²) in [5.74, 6) is -0.893. The van der Waals surface area contributed by atoms with E-state index < -0.39 is 29.8 Å². The number of rotatable bonds is 5. The number of carbonyl (C=O) groups is 4. The molecule has 136 valence electrons. The fourth-order valence-corrected chi connectivity index (χ4v) is 3.35. The van der Waals surface area contributed by atoms with Crippen LogP contribution in [0.1, 0.15) is 51.7 Å². The van der Waals surface area contributed by atoms with Gasteiger partial charge in [0.1, 0.15) is 5.76 Å². The van der Waals surface area contributed by atoms with Crippen LogP contribution in [-0.4, -0.2) is 39.9 Å². The van der Waals surface area contributed by atoms with Crippen LogP contribution in [-0.2, 0) is 10.3 Å². The Labute approximate surface area is 149 Å². The summed E-state index contributed by atoms with van der Waals surface area (Å²) < 4.78 is 5.25. The topological polar surface area (TPSA) is 112 Å².